The van der Waals surface area contributed by atoms with E-state index in [1.807, 2.05) is 6.07 Å². The number of ether oxygens (including phenoxy) is 1. The smallest absolute Gasteiger partial charge is 0.420 e. The minimum absolute atomic E-state index is 0.169. The summed E-state index contributed by atoms with van der Waals surface area (Å²) < 4.78 is 4.30. The molecule has 1 aromatic carbocycles. The van der Waals surface area contributed by atoms with Gasteiger partial charge in [0.05, 0.1) is 20.2 Å². The number of carbonyl (C=O) groups is 2. The number of quaternary nitrogens is 1. The highest BCUT2D eigenvalue weighted by molar-refractivity contribution is 6.13. The Hall–Kier alpha value is -2.27. The first-order valence-corrected chi connectivity index (χ1v) is 6.72. The van der Waals surface area contributed by atoms with E-state index in [1.165, 1.54) is 13.1 Å². The van der Waals surface area contributed by atoms with E-state index < -0.39 is 16.5 Å². The zero-order valence-electron chi connectivity index (χ0n) is 12.5. The van der Waals surface area contributed by atoms with Gasteiger partial charge in [0.2, 0.25) is 6.29 Å². The quantitative estimate of drug-likeness (QED) is 0.361. The number of benzene rings is 1. The molecule has 0 spiro atoms. The van der Waals surface area contributed by atoms with Crippen molar-refractivity contribution in [3.8, 4) is 0 Å². The van der Waals surface area contributed by atoms with Crippen LogP contribution < -0.4 is 0 Å². The highest BCUT2D eigenvalue weighted by Gasteiger charge is 2.42. The summed E-state index contributed by atoms with van der Waals surface area (Å²) in [5.41, 5.74) is 0.509. The maximum atomic E-state index is 12.5. The Kier molecular flexibility index (Phi) is 5.99. The summed E-state index contributed by atoms with van der Waals surface area (Å²) in [6.07, 6.45) is 2.36. The molecular weight excluding hydrogens is 270 g/mol. The van der Waals surface area contributed by atoms with E-state index in [1.54, 1.807) is 44.4 Å². The van der Waals surface area contributed by atoms with E-state index in [0.717, 1.165) is 0 Å². The third-order valence-electron chi connectivity index (χ3n) is 3.20. The summed E-state index contributed by atoms with van der Waals surface area (Å²) in [6, 6.07) is 8.92. The lowest BCUT2D eigenvalue weighted by Gasteiger charge is -2.25. The van der Waals surface area contributed by atoms with Crippen LogP contribution in [0, 0.1) is 0 Å². The molecule has 5 heteroatoms. The van der Waals surface area contributed by atoms with Gasteiger partial charge in [-0.05, 0) is 25.5 Å². The predicted octanol–water partition coefficient (Wildman–Crippen LogP) is 2.33. The van der Waals surface area contributed by atoms with Crippen LogP contribution in [-0.4, -0.2) is 43.0 Å². The third kappa shape index (κ3) is 3.86. The van der Waals surface area contributed by atoms with Crippen molar-refractivity contribution in [3.05, 3.63) is 41.5 Å². The monoisotopic (exact) mass is 289 g/mol. The standard InChI is InChI=1S/C16H19NO4/c1-4-17(3,16(20)21-5-2)15(19)14(12-18)11-13-9-7-6-8-10-13/h6-11H,4-5H2,1-3H3/q+1. The lowest BCUT2D eigenvalue weighted by atomic mass is 10.1. The van der Waals surface area contributed by atoms with Gasteiger partial charge in [-0.3, -0.25) is 4.79 Å². The SMILES string of the molecule is CCOC(=O)[N+](C)(CC)C(=O)C([C]=O)=Cc1ccccc1. The molecule has 2 amide bonds. The van der Waals surface area contributed by atoms with Crippen LogP contribution in [0.25, 0.3) is 6.08 Å². The predicted molar refractivity (Wildman–Crippen MR) is 78.9 cm³/mol. The van der Waals surface area contributed by atoms with E-state index >= 15 is 0 Å². The van der Waals surface area contributed by atoms with Crippen molar-refractivity contribution < 1.29 is 23.6 Å². The number of amides is 2. The van der Waals surface area contributed by atoms with Crippen molar-refractivity contribution in [2.24, 2.45) is 0 Å². The van der Waals surface area contributed by atoms with Crippen LogP contribution in [0.5, 0.6) is 0 Å². The molecule has 21 heavy (non-hydrogen) atoms. The number of hydrogen-bond acceptors (Lipinski definition) is 4. The summed E-state index contributed by atoms with van der Waals surface area (Å²) in [4.78, 5) is 35.6. The van der Waals surface area contributed by atoms with E-state index in [0.29, 0.717) is 5.56 Å². The Balaban J connectivity index is 3.15. The molecule has 0 N–H and O–H groups in total. The molecule has 0 aliphatic carbocycles. The summed E-state index contributed by atoms with van der Waals surface area (Å²) in [5, 5.41) is 0. The molecule has 1 aromatic rings. The van der Waals surface area contributed by atoms with E-state index in [4.69, 9.17) is 4.74 Å². The fraction of sp³-hybridized carbons (Fsp3) is 0.312. The van der Waals surface area contributed by atoms with Gasteiger partial charge in [0, 0.05) is 0 Å². The Labute approximate surface area is 124 Å². The summed E-state index contributed by atoms with van der Waals surface area (Å²) >= 11 is 0. The molecule has 0 aliphatic heterocycles. The number of nitrogens with zero attached hydrogens (tertiary/aromatic N) is 1. The Bertz CT molecular complexity index is 551. The van der Waals surface area contributed by atoms with Crippen LogP contribution in [0.2, 0.25) is 0 Å². The van der Waals surface area contributed by atoms with Crippen molar-refractivity contribution in [2.75, 3.05) is 20.2 Å². The Morgan fingerprint density at radius 2 is 1.86 bits per heavy atom. The molecule has 0 saturated heterocycles. The minimum Gasteiger partial charge on any atom is -0.420 e. The second-order valence-electron chi connectivity index (χ2n) is 4.58. The zero-order valence-corrected chi connectivity index (χ0v) is 12.5. The van der Waals surface area contributed by atoms with Crippen molar-refractivity contribution in [1.82, 2.24) is 0 Å². The summed E-state index contributed by atoms with van der Waals surface area (Å²) in [5.74, 6) is -0.630. The number of imide groups is 1. The molecule has 111 valence electrons. The molecule has 0 bridgehead atoms. The maximum Gasteiger partial charge on any atom is 0.523 e. The highest BCUT2D eigenvalue weighted by atomic mass is 16.6. The van der Waals surface area contributed by atoms with Crippen molar-refractivity contribution >= 4 is 24.4 Å². The van der Waals surface area contributed by atoms with Crippen LogP contribution in [0.3, 0.4) is 0 Å². The molecule has 0 aromatic heterocycles. The molecule has 0 heterocycles. The summed E-state index contributed by atoms with van der Waals surface area (Å²) in [6.45, 7) is 3.70. The molecule has 1 radical (unpaired) electrons. The molecule has 0 aliphatic rings. The largest absolute Gasteiger partial charge is 0.523 e. The van der Waals surface area contributed by atoms with Crippen LogP contribution >= 0.6 is 0 Å². The normalized spacial score (nSPS) is 14.1. The second-order valence-corrected chi connectivity index (χ2v) is 4.58. The number of carbonyl (C=O) groups excluding carboxylic acids is 3. The van der Waals surface area contributed by atoms with Crippen LogP contribution in [0.1, 0.15) is 19.4 Å². The van der Waals surface area contributed by atoms with Gasteiger partial charge in [0.1, 0.15) is 5.57 Å². The average molecular weight is 289 g/mol. The van der Waals surface area contributed by atoms with E-state index in [9.17, 15) is 14.4 Å². The van der Waals surface area contributed by atoms with Crippen molar-refractivity contribution in [1.29, 1.82) is 0 Å². The van der Waals surface area contributed by atoms with Gasteiger partial charge in [0.25, 0.3) is 0 Å². The molecule has 1 unspecified atom stereocenters. The maximum absolute atomic E-state index is 12.5. The zero-order chi connectivity index (χ0) is 15.9. The fourth-order valence-electron chi connectivity index (χ4n) is 1.74. The van der Waals surface area contributed by atoms with Gasteiger partial charge in [0.15, 0.2) is 0 Å². The molecule has 5 nitrogen and oxygen atoms in total. The van der Waals surface area contributed by atoms with E-state index in [-0.39, 0.29) is 18.7 Å². The highest BCUT2D eigenvalue weighted by Crippen LogP contribution is 2.15. The van der Waals surface area contributed by atoms with Gasteiger partial charge in [-0.2, -0.15) is 9.28 Å². The van der Waals surface area contributed by atoms with E-state index in [2.05, 4.69) is 0 Å². The fourth-order valence-corrected chi connectivity index (χ4v) is 1.74. The number of rotatable bonds is 5. The van der Waals surface area contributed by atoms with Gasteiger partial charge < -0.3 is 4.74 Å². The van der Waals surface area contributed by atoms with Crippen LogP contribution in [0.4, 0.5) is 4.79 Å². The Morgan fingerprint density at radius 1 is 1.24 bits per heavy atom. The molecular formula is C16H19NO4+. The van der Waals surface area contributed by atoms with Gasteiger partial charge in [-0.25, -0.2) is 4.79 Å². The first-order chi connectivity index (χ1) is 9.99. The van der Waals surface area contributed by atoms with Gasteiger partial charge >= 0.3 is 12.0 Å². The first kappa shape index (κ1) is 16.8. The van der Waals surface area contributed by atoms with Crippen LogP contribution in [0.15, 0.2) is 35.9 Å². The first-order valence-electron chi connectivity index (χ1n) is 6.72. The number of likely N-dealkylation sites (N-methyl/N-ethyl adjacent to an activating group) is 1. The lowest BCUT2D eigenvalue weighted by molar-refractivity contribution is -0.756. The van der Waals surface area contributed by atoms with Gasteiger partial charge in [-0.15, -0.1) is 0 Å². The molecule has 0 saturated carbocycles. The van der Waals surface area contributed by atoms with Crippen molar-refractivity contribution in [3.63, 3.8) is 0 Å². The number of hydrogen-bond donors (Lipinski definition) is 0. The average Bonchev–Trinajstić information content (AvgIpc) is 2.52. The topological polar surface area (TPSA) is 60.4 Å². The second kappa shape index (κ2) is 7.50. The Morgan fingerprint density at radius 3 is 2.33 bits per heavy atom. The van der Waals surface area contributed by atoms with Crippen molar-refractivity contribution in [2.45, 2.75) is 13.8 Å². The van der Waals surface area contributed by atoms with Gasteiger partial charge in [-0.1, -0.05) is 30.3 Å². The summed E-state index contributed by atoms with van der Waals surface area (Å²) in [7, 11) is 1.43. The third-order valence-corrected chi connectivity index (χ3v) is 3.20. The lowest BCUT2D eigenvalue weighted by Crippen LogP contribution is -2.54. The molecule has 1 rings (SSSR count). The molecule has 1 atom stereocenters. The van der Waals surface area contributed by atoms with Crippen LogP contribution in [-0.2, 0) is 14.3 Å². The minimum atomic E-state index is -0.681. The molecule has 0 fully saturated rings.